The summed E-state index contributed by atoms with van der Waals surface area (Å²) < 4.78 is 0. The standard InChI is InChI=1S/C11H12N2O2.Pb.2H/c12-9(11(14)15)5-7-6-13-10-4-2-1-3-8(7)10;;;/h1-4,6,9,13H,5,12H2,(H,14,15);;;/t9-;;;/m0.../s1. The summed E-state index contributed by atoms with van der Waals surface area (Å²) in [6, 6.07) is 6.91. The van der Waals surface area contributed by atoms with Gasteiger partial charge in [0.15, 0.2) is 0 Å². The van der Waals surface area contributed by atoms with Crippen LogP contribution < -0.4 is 5.73 Å². The number of benzene rings is 1. The van der Waals surface area contributed by atoms with Crippen LogP contribution in [-0.2, 0) is 11.2 Å². The molecule has 0 spiro atoms. The zero-order chi connectivity index (χ0) is 10.8. The molecule has 0 aliphatic heterocycles. The van der Waals surface area contributed by atoms with Crippen LogP contribution in [0.1, 0.15) is 5.56 Å². The van der Waals surface area contributed by atoms with Gasteiger partial charge in [0.05, 0.1) is 0 Å². The van der Waals surface area contributed by atoms with Gasteiger partial charge < -0.3 is 15.8 Å². The molecule has 16 heavy (non-hydrogen) atoms. The first-order valence-corrected chi connectivity index (χ1v) is 4.72. The van der Waals surface area contributed by atoms with Gasteiger partial charge in [0.1, 0.15) is 6.04 Å². The predicted octanol–water partition coefficient (Wildman–Crippen LogP) is 0.206. The monoisotopic (exact) mass is 414 g/mol. The minimum atomic E-state index is -0.972. The number of aromatic nitrogens is 1. The topological polar surface area (TPSA) is 79.1 Å². The zero-order valence-corrected chi connectivity index (χ0v) is 14.3. The van der Waals surface area contributed by atoms with Gasteiger partial charge in [-0.15, -0.1) is 0 Å². The Hall–Kier alpha value is -0.888. The van der Waals surface area contributed by atoms with Crippen molar-refractivity contribution in [2.45, 2.75) is 12.5 Å². The Morgan fingerprint density at radius 3 is 2.81 bits per heavy atom. The number of para-hydroxylation sites is 1. The Balaban J connectivity index is 0.00000128. The van der Waals surface area contributed by atoms with Gasteiger partial charge in [-0.2, -0.15) is 0 Å². The maximum atomic E-state index is 10.6. The van der Waals surface area contributed by atoms with Gasteiger partial charge in [-0.3, -0.25) is 4.79 Å². The van der Waals surface area contributed by atoms with Crippen LogP contribution in [0.3, 0.4) is 0 Å². The minimum absolute atomic E-state index is 0. The van der Waals surface area contributed by atoms with Crippen molar-refractivity contribution in [3.05, 3.63) is 36.0 Å². The number of fused-ring (bicyclic) bond motifs is 1. The molecular formula is C11H14N2O2Pb. The van der Waals surface area contributed by atoms with E-state index in [1.165, 1.54) is 0 Å². The molecule has 0 saturated heterocycles. The van der Waals surface area contributed by atoms with E-state index in [2.05, 4.69) is 4.98 Å². The predicted molar refractivity (Wildman–Crippen MR) is 66.2 cm³/mol. The van der Waals surface area contributed by atoms with Crippen molar-refractivity contribution in [1.82, 2.24) is 4.98 Å². The Bertz CT molecular complexity index is 495. The first-order chi connectivity index (χ1) is 7.18. The quantitative estimate of drug-likeness (QED) is 0.630. The fraction of sp³-hybridized carbons (Fsp3) is 0.182. The molecule has 1 heterocycles. The second-order valence-corrected chi connectivity index (χ2v) is 3.51. The summed E-state index contributed by atoms with van der Waals surface area (Å²) in [6.07, 6.45) is 2.16. The Labute approximate surface area is 113 Å². The normalized spacial score (nSPS) is 12.1. The van der Waals surface area contributed by atoms with Crippen LogP contribution in [0.25, 0.3) is 10.9 Å². The molecule has 0 saturated carbocycles. The third-order valence-corrected chi connectivity index (χ3v) is 2.43. The molecule has 2 aromatic rings. The van der Waals surface area contributed by atoms with Crippen LogP contribution >= 0.6 is 0 Å². The number of carbonyl (C=O) groups is 1. The molecular weight excluding hydrogens is 399 g/mol. The molecule has 1 atom stereocenters. The number of hydrogen-bond acceptors (Lipinski definition) is 2. The summed E-state index contributed by atoms with van der Waals surface area (Å²) >= 11 is 0. The number of hydrogen-bond donors (Lipinski definition) is 3. The van der Waals surface area contributed by atoms with E-state index in [1.807, 2.05) is 30.5 Å². The van der Waals surface area contributed by atoms with Crippen molar-refractivity contribution >= 4 is 44.2 Å². The van der Waals surface area contributed by atoms with Gasteiger partial charge in [-0.05, 0) is 11.6 Å². The number of carboxylic acids is 1. The fourth-order valence-corrected chi connectivity index (χ4v) is 1.62. The van der Waals surface area contributed by atoms with Crippen LogP contribution in [0.5, 0.6) is 0 Å². The maximum absolute atomic E-state index is 10.6. The summed E-state index contributed by atoms with van der Waals surface area (Å²) in [5.41, 5.74) is 7.43. The SMILES string of the molecule is N[C@@H](Cc1c[nH]c2ccccc12)C(=O)O.[PbH2]. The number of carboxylic acid groups (broad SMARTS) is 1. The molecule has 2 rings (SSSR count). The number of aliphatic carboxylic acids is 1. The molecule has 0 aliphatic rings. The van der Waals surface area contributed by atoms with Crippen LogP contribution in [0.2, 0.25) is 0 Å². The van der Waals surface area contributed by atoms with Gasteiger partial charge in [-0.1, -0.05) is 18.2 Å². The summed E-state index contributed by atoms with van der Waals surface area (Å²) in [4.78, 5) is 13.7. The third kappa shape index (κ3) is 2.62. The molecule has 0 aliphatic carbocycles. The first kappa shape index (κ1) is 13.2. The van der Waals surface area contributed by atoms with Gasteiger partial charge in [0.25, 0.3) is 0 Å². The number of nitrogens with two attached hydrogens (primary N) is 1. The van der Waals surface area contributed by atoms with Gasteiger partial charge in [0.2, 0.25) is 0 Å². The van der Waals surface area contributed by atoms with Crippen LogP contribution in [0.15, 0.2) is 30.5 Å². The van der Waals surface area contributed by atoms with E-state index in [1.54, 1.807) is 0 Å². The zero-order valence-electron chi connectivity index (χ0n) is 8.81. The second-order valence-electron chi connectivity index (χ2n) is 3.51. The van der Waals surface area contributed by atoms with Gasteiger partial charge in [0, 0.05) is 23.5 Å². The van der Waals surface area contributed by atoms with Crippen LogP contribution in [0, 0.1) is 0 Å². The second kappa shape index (κ2) is 5.44. The molecule has 1 aromatic heterocycles. The average molecular weight is 413 g/mol. The number of rotatable bonds is 3. The molecule has 0 fully saturated rings. The molecule has 0 unspecified atom stereocenters. The molecule has 4 N–H and O–H groups in total. The molecule has 84 valence electrons. The van der Waals surface area contributed by atoms with Gasteiger partial charge >= 0.3 is 33.3 Å². The van der Waals surface area contributed by atoms with Crippen molar-refractivity contribution < 1.29 is 9.90 Å². The number of nitrogens with one attached hydrogen (secondary N) is 1. The van der Waals surface area contributed by atoms with Gasteiger partial charge in [-0.25, -0.2) is 0 Å². The fourth-order valence-electron chi connectivity index (χ4n) is 1.62. The van der Waals surface area contributed by atoms with Crippen molar-refractivity contribution in [3.63, 3.8) is 0 Å². The van der Waals surface area contributed by atoms with Crippen molar-refractivity contribution in [2.75, 3.05) is 0 Å². The van der Waals surface area contributed by atoms with E-state index in [0.717, 1.165) is 16.5 Å². The summed E-state index contributed by atoms with van der Waals surface area (Å²) in [6.45, 7) is 0. The van der Waals surface area contributed by atoms with E-state index >= 15 is 0 Å². The molecule has 1 aromatic carbocycles. The van der Waals surface area contributed by atoms with E-state index in [0.29, 0.717) is 6.42 Å². The van der Waals surface area contributed by atoms with E-state index in [9.17, 15) is 4.79 Å². The summed E-state index contributed by atoms with van der Waals surface area (Å²) in [5.74, 6) is -0.972. The number of aromatic amines is 1. The average Bonchev–Trinajstić information content (AvgIpc) is 2.62. The van der Waals surface area contributed by atoms with E-state index in [4.69, 9.17) is 10.8 Å². The molecule has 0 amide bonds. The van der Waals surface area contributed by atoms with Crippen LogP contribution in [-0.4, -0.2) is 49.4 Å². The molecule has 2 radical (unpaired) electrons. The molecule has 5 heteroatoms. The summed E-state index contributed by atoms with van der Waals surface area (Å²) in [5, 5.41) is 9.75. The first-order valence-electron chi connectivity index (χ1n) is 4.72. The third-order valence-electron chi connectivity index (χ3n) is 2.43. The van der Waals surface area contributed by atoms with Crippen LogP contribution in [0.4, 0.5) is 0 Å². The van der Waals surface area contributed by atoms with Crippen molar-refractivity contribution in [1.29, 1.82) is 0 Å². The summed E-state index contributed by atoms with van der Waals surface area (Å²) in [7, 11) is 0. The van der Waals surface area contributed by atoms with Crippen molar-refractivity contribution in [2.24, 2.45) is 5.73 Å². The Kier molecular flexibility index (Phi) is 4.48. The Morgan fingerprint density at radius 1 is 1.44 bits per heavy atom. The van der Waals surface area contributed by atoms with E-state index in [-0.39, 0.29) is 27.3 Å². The number of H-pyrrole nitrogens is 1. The molecule has 0 bridgehead atoms. The molecule has 4 nitrogen and oxygen atoms in total. The Morgan fingerprint density at radius 2 is 2.12 bits per heavy atom. The van der Waals surface area contributed by atoms with E-state index < -0.39 is 12.0 Å². The van der Waals surface area contributed by atoms with Crippen molar-refractivity contribution in [3.8, 4) is 0 Å².